The van der Waals surface area contributed by atoms with E-state index in [2.05, 4.69) is 4.74 Å². The van der Waals surface area contributed by atoms with Gasteiger partial charge in [-0.05, 0) is 0 Å². The fraction of sp³-hybridized carbons (Fsp3) is 0.750. The number of hydrogen-bond acceptors (Lipinski definition) is 3. The average molecular weight is 172 g/mol. The summed E-state index contributed by atoms with van der Waals surface area (Å²) in [6.07, 6.45) is 0. The van der Waals surface area contributed by atoms with Crippen LogP contribution in [0.4, 0.5) is 0 Å². The molecule has 0 radical (unpaired) electrons. The van der Waals surface area contributed by atoms with Crippen molar-refractivity contribution >= 4 is 29.2 Å². The monoisotopic (exact) mass is 171 g/mol. The molecule has 0 aliphatic heterocycles. The molecular weight excluding hydrogens is 165 g/mol. The smallest absolute Gasteiger partial charge is 0.339 e. The Morgan fingerprint density at radius 1 is 1.67 bits per heavy atom. The first-order chi connectivity index (χ1) is 4.18. The molecule has 0 heterocycles. The minimum atomic E-state index is -1.10. The van der Waals surface area contributed by atoms with Gasteiger partial charge in [0.15, 0.2) is 0 Å². The van der Waals surface area contributed by atoms with E-state index in [4.69, 9.17) is 28.9 Å². The van der Waals surface area contributed by atoms with Crippen molar-refractivity contribution in [3.8, 4) is 0 Å². The lowest BCUT2D eigenvalue weighted by Crippen LogP contribution is -2.17. The molecular formula is C4H7Cl2NO2. The third-order valence-corrected chi connectivity index (χ3v) is 0.897. The Labute approximate surface area is 63.1 Å². The number of nitrogens with two attached hydrogens (primary N) is 1. The SMILES string of the molecule is NCCOC(=O)C(Cl)Cl. The van der Waals surface area contributed by atoms with Crippen LogP contribution in [0, 0.1) is 0 Å². The first kappa shape index (κ1) is 9.01. The zero-order valence-corrected chi connectivity index (χ0v) is 6.15. The second-order valence-electron chi connectivity index (χ2n) is 1.26. The number of rotatable bonds is 3. The van der Waals surface area contributed by atoms with Gasteiger partial charge in [-0.2, -0.15) is 0 Å². The van der Waals surface area contributed by atoms with Crippen molar-refractivity contribution in [2.75, 3.05) is 13.2 Å². The van der Waals surface area contributed by atoms with E-state index >= 15 is 0 Å². The number of halogens is 2. The molecule has 0 atom stereocenters. The lowest BCUT2D eigenvalue weighted by Gasteiger charge is -2.00. The molecule has 0 aromatic heterocycles. The van der Waals surface area contributed by atoms with Gasteiger partial charge in [-0.3, -0.25) is 0 Å². The highest BCUT2D eigenvalue weighted by Crippen LogP contribution is 2.02. The summed E-state index contributed by atoms with van der Waals surface area (Å²) in [6.45, 7) is 0.445. The van der Waals surface area contributed by atoms with Gasteiger partial charge in [-0.15, -0.1) is 0 Å². The van der Waals surface area contributed by atoms with Gasteiger partial charge in [0.05, 0.1) is 0 Å². The highest BCUT2D eigenvalue weighted by atomic mass is 35.5. The fourth-order valence-electron chi connectivity index (χ4n) is 0.223. The van der Waals surface area contributed by atoms with E-state index in [9.17, 15) is 4.79 Å². The minimum Gasteiger partial charge on any atom is -0.462 e. The third kappa shape index (κ3) is 4.51. The minimum absolute atomic E-state index is 0.161. The number of hydrogen-bond donors (Lipinski definition) is 1. The van der Waals surface area contributed by atoms with Crippen molar-refractivity contribution in [1.29, 1.82) is 0 Å². The van der Waals surface area contributed by atoms with Gasteiger partial charge in [0.25, 0.3) is 0 Å². The summed E-state index contributed by atoms with van der Waals surface area (Å²) in [5, 5.41) is 0. The van der Waals surface area contributed by atoms with Crippen LogP contribution < -0.4 is 5.73 Å². The van der Waals surface area contributed by atoms with Gasteiger partial charge in [-0.1, -0.05) is 23.2 Å². The molecule has 0 unspecified atom stereocenters. The topological polar surface area (TPSA) is 52.3 Å². The number of carbonyl (C=O) groups excluding carboxylic acids is 1. The molecule has 0 saturated heterocycles. The van der Waals surface area contributed by atoms with Gasteiger partial charge in [-0.25, -0.2) is 4.79 Å². The van der Waals surface area contributed by atoms with Crippen LogP contribution in [0.15, 0.2) is 0 Å². The van der Waals surface area contributed by atoms with Gasteiger partial charge < -0.3 is 10.5 Å². The van der Waals surface area contributed by atoms with E-state index < -0.39 is 10.8 Å². The molecule has 54 valence electrons. The van der Waals surface area contributed by atoms with E-state index in [0.29, 0.717) is 0 Å². The molecule has 0 saturated carbocycles. The Bertz CT molecular complexity index is 96.6. The molecule has 0 fully saturated rings. The standard InChI is InChI=1S/C4H7Cl2NO2/c5-3(6)4(8)9-2-1-7/h3H,1-2,7H2. The maximum atomic E-state index is 10.4. The second kappa shape index (κ2) is 4.85. The van der Waals surface area contributed by atoms with E-state index in [0.717, 1.165) is 0 Å². The van der Waals surface area contributed by atoms with Gasteiger partial charge in [0.2, 0.25) is 4.84 Å². The quantitative estimate of drug-likeness (QED) is 0.491. The van der Waals surface area contributed by atoms with Crippen LogP contribution in [-0.2, 0) is 9.53 Å². The van der Waals surface area contributed by atoms with Crippen LogP contribution in [0.1, 0.15) is 0 Å². The summed E-state index contributed by atoms with van der Waals surface area (Å²) < 4.78 is 4.42. The highest BCUT2D eigenvalue weighted by Gasteiger charge is 2.11. The zero-order chi connectivity index (χ0) is 7.28. The largest absolute Gasteiger partial charge is 0.462 e. The molecule has 0 aromatic rings. The van der Waals surface area contributed by atoms with Crippen molar-refractivity contribution < 1.29 is 9.53 Å². The van der Waals surface area contributed by atoms with Gasteiger partial charge in [0.1, 0.15) is 6.61 Å². The van der Waals surface area contributed by atoms with Crippen molar-refractivity contribution in [3.63, 3.8) is 0 Å². The van der Waals surface area contributed by atoms with E-state index in [1.165, 1.54) is 0 Å². The molecule has 0 rings (SSSR count). The maximum absolute atomic E-state index is 10.4. The molecule has 0 bridgehead atoms. The Balaban J connectivity index is 3.28. The summed E-state index contributed by atoms with van der Waals surface area (Å²) in [5.41, 5.74) is 5.01. The molecule has 0 amide bonds. The first-order valence-corrected chi connectivity index (χ1v) is 3.20. The van der Waals surface area contributed by atoms with Crippen molar-refractivity contribution in [2.24, 2.45) is 5.73 Å². The molecule has 3 nitrogen and oxygen atoms in total. The molecule has 0 aliphatic rings. The molecule has 0 aromatic carbocycles. The van der Waals surface area contributed by atoms with Crippen LogP contribution >= 0.6 is 23.2 Å². The van der Waals surface area contributed by atoms with E-state index in [1.54, 1.807) is 0 Å². The number of alkyl halides is 2. The summed E-state index contributed by atoms with van der Waals surface area (Å²) in [5.74, 6) is -0.649. The predicted molar refractivity (Wildman–Crippen MR) is 35.5 cm³/mol. The van der Waals surface area contributed by atoms with Crippen LogP contribution in [0.5, 0.6) is 0 Å². The molecule has 9 heavy (non-hydrogen) atoms. The van der Waals surface area contributed by atoms with Crippen LogP contribution in [-0.4, -0.2) is 24.0 Å². The number of esters is 1. The molecule has 2 N–H and O–H groups in total. The number of ether oxygens (including phenoxy) is 1. The predicted octanol–water partition coefficient (Wildman–Crippen LogP) is 0.292. The van der Waals surface area contributed by atoms with Crippen molar-refractivity contribution in [3.05, 3.63) is 0 Å². The Morgan fingerprint density at radius 3 is 2.56 bits per heavy atom. The van der Waals surface area contributed by atoms with E-state index in [-0.39, 0.29) is 13.2 Å². The Morgan fingerprint density at radius 2 is 2.22 bits per heavy atom. The van der Waals surface area contributed by atoms with Gasteiger partial charge in [0, 0.05) is 6.54 Å². The van der Waals surface area contributed by atoms with Crippen LogP contribution in [0.3, 0.4) is 0 Å². The lowest BCUT2D eigenvalue weighted by atomic mass is 10.7. The van der Waals surface area contributed by atoms with Gasteiger partial charge >= 0.3 is 5.97 Å². The normalized spacial score (nSPS) is 9.78. The fourth-order valence-corrected chi connectivity index (χ4v) is 0.349. The summed E-state index contributed by atoms with van der Waals surface area (Å²) in [6, 6.07) is 0. The molecule has 5 heteroatoms. The van der Waals surface area contributed by atoms with Crippen molar-refractivity contribution in [2.45, 2.75) is 4.84 Å². The average Bonchev–Trinajstić information content (AvgIpc) is 1.82. The summed E-state index contributed by atoms with van der Waals surface area (Å²) >= 11 is 10.2. The third-order valence-electron chi connectivity index (χ3n) is 0.540. The molecule has 0 aliphatic carbocycles. The zero-order valence-electron chi connectivity index (χ0n) is 4.64. The Hall–Kier alpha value is 0.01000. The first-order valence-electron chi connectivity index (χ1n) is 2.33. The lowest BCUT2D eigenvalue weighted by molar-refractivity contribution is -0.141. The second-order valence-corrected chi connectivity index (χ2v) is 2.35. The van der Waals surface area contributed by atoms with E-state index in [1.807, 2.05) is 0 Å². The Kier molecular flexibility index (Phi) is 4.85. The van der Waals surface area contributed by atoms with Crippen molar-refractivity contribution in [1.82, 2.24) is 0 Å². The molecule has 0 spiro atoms. The highest BCUT2D eigenvalue weighted by molar-refractivity contribution is 6.52. The van der Waals surface area contributed by atoms with Crippen LogP contribution in [0.25, 0.3) is 0 Å². The maximum Gasteiger partial charge on any atom is 0.339 e. The summed E-state index contributed by atoms with van der Waals surface area (Å²) in [7, 11) is 0. The van der Waals surface area contributed by atoms with Crippen LogP contribution in [0.2, 0.25) is 0 Å². The summed E-state index contributed by atoms with van der Waals surface area (Å²) in [4.78, 5) is 9.26. The number of carbonyl (C=O) groups is 1.